The molecule has 0 spiro atoms. The van der Waals surface area contributed by atoms with Crippen molar-refractivity contribution in [2.24, 2.45) is 5.73 Å². The molecule has 0 aliphatic carbocycles. The third kappa shape index (κ3) is 4.49. The lowest BCUT2D eigenvalue weighted by Crippen LogP contribution is -2.28. The molecule has 1 aliphatic rings. The van der Waals surface area contributed by atoms with Gasteiger partial charge in [-0.2, -0.15) is 0 Å². The summed E-state index contributed by atoms with van der Waals surface area (Å²) >= 11 is 1.04. The largest absolute Gasteiger partial charge is 0.339 e. The van der Waals surface area contributed by atoms with Gasteiger partial charge in [-0.05, 0) is 31.5 Å². The van der Waals surface area contributed by atoms with Crippen molar-refractivity contribution in [2.75, 3.05) is 29.9 Å². The van der Waals surface area contributed by atoms with Crippen LogP contribution in [0.4, 0.5) is 24.7 Å². The summed E-state index contributed by atoms with van der Waals surface area (Å²) in [5, 5.41) is 5.37. The van der Waals surface area contributed by atoms with Crippen molar-refractivity contribution in [1.82, 2.24) is 25.3 Å². The highest BCUT2D eigenvalue weighted by molar-refractivity contribution is 7.22. The van der Waals surface area contributed by atoms with Gasteiger partial charge in [-0.15, -0.1) is 0 Å². The van der Waals surface area contributed by atoms with Crippen LogP contribution in [-0.4, -0.2) is 51.6 Å². The standard InChI is InChI=1S/C23H22F2N8OS/c1-2-27-22(34)32-23-31-19-17(25)14(8-15(20(19)35-23)18-16(24)4-3-6-28-18)12-9-29-21(30-10-12)33-7-5-13(26)11-33/h3-4,6,8-10,13H,2,5,7,11,26H2,1H3,(H2,27,31,32,34). The number of carbonyl (C=O) groups excluding carboxylic acids is 1. The average molecular weight is 497 g/mol. The average Bonchev–Trinajstić information content (AvgIpc) is 3.47. The van der Waals surface area contributed by atoms with Crippen LogP contribution in [-0.2, 0) is 0 Å². The molecule has 1 saturated heterocycles. The van der Waals surface area contributed by atoms with E-state index in [-0.39, 0.29) is 27.9 Å². The van der Waals surface area contributed by atoms with E-state index in [1.165, 1.54) is 36.8 Å². The minimum Gasteiger partial charge on any atom is -0.339 e. The van der Waals surface area contributed by atoms with Crippen molar-refractivity contribution in [3.63, 3.8) is 0 Å². The van der Waals surface area contributed by atoms with E-state index < -0.39 is 17.7 Å². The molecule has 2 amide bonds. The van der Waals surface area contributed by atoms with Crippen molar-refractivity contribution in [3.8, 4) is 22.4 Å². The zero-order valence-corrected chi connectivity index (χ0v) is 19.6. The molecule has 1 atom stereocenters. The molecule has 5 rings (SSSR count). The van der Waals surface area contributed by atoms with Crippen molar-refractivity contribution in [2.45, 2.75) is 19.4 Å². The second-order valence-electron chi connectivity index (χ2n) is 8.07. The number of anilines is 2. The number of hydrogen-bond acceptors (Lipinski definition) is 8. The second-order valence-corrected chi connectivity index (χ2v) is 9.07. The summed E-state index contributed by atoms with van der Waals surface area (Å²) in [5.74, 6) is -0.670. The molecule has 0 radical (unpaired) electrons. The lowest BCUT2D eigenvalue weighted by Gasteiger charge is -2.15. The van der Waals surface area contributed by atoms with E-state index in [0.29, 0.717) is 34.9 Å². The minimum absolute atomic E-state index is 0.00561. The van der Waals surface area contributed by atoms with Gasteiger partial charge < -0.3 is 16.0 Å². The molecule has 35 heavy (non-hydrogen) atoms. The molecule has 1 unspecified atom stereocenters. The van der Waals surface area contributed by atoms with Gasteiger partial charge in [0.1, 0.15) is 17.0 Å². The monoisotopic (exact) mass is 496 g/mol. The van der Waals surface area contributed by atoms with Gasteiger partial charge >= 0.3 is 6.03 Å². The molecule has 12 heteroatoms. The van der Waals surface area contributed by atoms with Gasteiger partial charge in [-0.1, -0.05) is 11.3 Å². The summed E-state index contributed by atoms with van der Waals surface area (Å²) < 4.78 is 30.8. The maximum atomic E-state index is 15.7. The van der Waals surface area contributed by atoms with E-state index in [1.807, 2.05) is 4.90 Å². The van der Waals surface area contributed by atoms with E-state index >= 15 is 4.39 Å². The van der Waals surface area contributed by atoms with Crippen LogP contribution < -0.4 is 21.3 Å². The smallest absolute Gasteiger partial charge is 0.321 e. The van der Waals surface area contributed by atoms with Crippen molar-refractivity contribution in [3.05, 3.63) is 48.4 Å². The van der Waals surface area contributed by atoms with Gasteiger partial charge in [0.25, 0.3) is 0 Å². The van der Waals surface area contributed by atoms with Gasteiger partial charge in [-0.25, -0.2) is 28.5 Å². The fraction of sp³-hybridized carbons (Fsp3) is 0.261. The van der Waals surface area contributed by atoms with Gasteiger partial charge in [0, 0.05) is 61.0 Å². The Hall–Kier alpha value is -3.77. The third-order valence-corrected chi connectivity index (χ3v) is 6.64. The molecular weight excluding hydrogens is 474 g/mol. The molecule has 4 heterocycles. The van der Waals surface area contributed by atoms with Crippen LogP contribution in [0.25, 0.3) is 32.6 Å². The van der Waals surface area contributed by atoms with Crippen LogP contribution >= 0.6 is 11.3 Å². The number of nitrogens with one attached hydrogen (secondary N) is 2. The number of rotatable bonds is 5. The normalized spacial score (nSPS) is 15.5. The highest BCUT2D eigenvalue weighted by Gasteiger charge is 2.24. The summed E-state index contributed by atoms with van der Waals surface area (Å²) in [5.41, 5.74) is 6.92. The Balaban J connectivity index is 1.62. The van der Waals surface area contributed by atoms with E-state index in [4.69, 9.17) is 5.73 Å². The molecule has 1 aromatic carbocycles. The van der Waals surface area contributed by atoms with Crippen LogP contribution in [0.15, 0.2) is 36.8 Å². The highest BCUT2D eigenvalue weighted by Crippen LogP contribution is 2.41. The fourth-order valence-electron chi connectivity index (χ4n) is 3.97. The highest BCUT2D eigenvalue weighted by atomic mass is 32.1. The van der Waals surface area contributed by atoms with Crippen LogP contribution in [0.3, 0.4) is 0 Å². The summed E-state index contributed by atoms with van der Waals surface area (Å²) in [4.78, 5) is 31.2. The quantitative estimate of drug-likeness (QED) is 0.384. The molecule has 4 N–H and O–H groups in total. The van der Waals surface area contributed by atoms with E-state index in [1.54, 1.807) is 6.92 Å². The number of hydrogen-bond donors (Lipinski definition) is 3. The molecule has 1 aliphatic heterocycles. The molecule has 0 bridgehead atoms. The number of amides is 2. The van der Waals surface area contributed by atoms with Crippen LogP contribution in [0, 0.1) is 11.6 Å². The number of halogens is 2. The maximum Gasteiger partial charge on any atom is 0.321 e. The van der Waals surface area contributed by atoms with E-state index in [2.05, 4.69) is 30.6 Å². The Labute approximate surface area is 203 Å². The first-order chi connectivity index (χ1) is 16.9. The number of nitrogens with zero attached hydrogens (tertiary/aromatic N) is 5. The molecular formula is C23H22F2N8OS. The molecule has 180 valence electrons. The lowest BCUT2D eigenvalue weighted by atomic mass is 10.0. The molecule has 3 aromatic heterocycles. The Morgan fingerprint density at radius 1 is 1.26 bits per heavy atom. The van der Waals surface area contributed by atoms with Crippen LogP contribution in [0.5, 0.6) is 0 Å². The zero-order chi connectivity index (χ0) is 24.5. The molecule has 4 aromatic rings. The number of carbonyl (C=O) groups is 1. The predicted molar refractivity (Wildman–Crippen MR) is 131 cm³/mol. The zero-order valence-electron chi connectivity index (χ0n) is 18.8. The maximum absolute atomic E-state index is 15.7. The van der Waals surface area contributed by atoms with Gasteiger partial charge in [0.15, 0.2) is 10.9 Å². The number of fused-ring (bicyclic) bond motifs is 1. The van der Waals surface area contributed by atoms with Crippen molar-refractivity contribution < 1.29 is 13.6 Å². The number of nitrogens with two attached hydrogens (primary N) is 1. The number of pyridine rings is 1. The number of benzene rings is 1. The molecule has 0 saturated carbocycles. The minimum atomic E-state index is -0.625. The molecule has 9 nitrogen and oxygen atoms in total. The number of urea groups is 1. The fourth-order valence-corrected chi connectivity index (χ4v) is 4.94. The Kier molecular flexibility index (Phi) is 6.22. The first kappa shape index (κ1) is 23.0. The lowest BCUT2D eigenvalue weighted by molar-refractivity contribution is 0.252. The Morgan fingerprint density at radius 2 is 2.06 bits per heavy atom. The number of aromatic nitrogens is 4. The summed E-state index contributed by atoms with van der Waals surface area (Å²) in [7, 11) is 0. The Morgan fingerprint density at radius 3 is 2.74 bits per heavy atom. The summed E-state index contributed by atoms with van der Waals surface area (Å²) in [6.45, 7) is 3.60. The first-order valence-corrected chi connectivity index (χ1v) is 11.9. The topological polar surface area (TPSA) is 122 Å². The second kappa shape index (κ2) is 9.47. The SMILES string of the molecule is CCNC(=O)Nc1nc2c(F)c(-c3cnc(N4CCC(N)C4)nc3)cc(-c3ncccc3F)c2s1. The first-order valence-electron chi connectivity index (χ1n) is 11.1. The van der Waals surface area contributed by atoms with Crippen LogP contribution in [0.2, 0.25) is 0 Å². The van der Waals surface area contributed by atoms with Gasteiger partial charge in [0.2, 0.25) is 5.95 Å². The Bertz CT molecular complexity index is 1390. The predicted octanol–water partition coefficient (Wildman–Crippen LogP) is 3.77. The third-order valence-electron chi connectivity index (χ3n) is 5.63. The molecule has 1 fully saturated rings. The summed E-state index contributed by atoms with van der Waals surface area (Å²) in [6.07, 6.45) is 5.36. The van der Waals surface area contributed by atoms with Crippen molar-refractivity contribution >= 4 is 38.7 Å². The van der Waals surface area contributed by atoms with E-state index in [0.717, 1.165) is 24.3 Å². The van der Waals surface area contributed by atoms with E-state index in [9.17, 15) is 9.18 Å². The van der Waals surface area contributed by atoms with Gasteiger partial charge in [-0.3, -0.25) is 10.3 Å². The van der Waals surface area contributed by atoms with Crippen LogP contribution in [0.1, 0.15) is 13.3 Å². The summed E-state index contributed by atoms with van der Waals surface area (Å²) in [6, 6.07) is 3.88. The van der Waals surface area contributed by atoms with Gasteiger partial charge in [0.05, 0.1) is 4.70 Å². The van der Waals surface area contributed by atoms with Crippen molar-refractivity contribution in [1.29, 1.82) is 0 Å². The number of thiazole rings is 1.